The summed E-state index contributed by atoms with van der Waals surface area (Å²) >= 11 is 5.73. The fourth-order valence-corrected chi connectivity index (χ4v) is 1.79. The number of carboxylic acids is 1. The second kappa shape index (κ2) is 5.65. The van der Waals surface area contributed by atoms with Crippen LogP contribution < -0.4 is 9.84 Å². The van der Waals surface area contributed by atoms with Crippen molar-refractivity contribution >= 4 is 17.6 Å². The van der Waals surface area contributed by atoms with Gasteiger partial charge in [-0.15, -0.1) is 0 Å². The summed E-state index contributed by atoms with van der Waals surface area (Å²) in [6.45, 7) is 0. The molecule has 2 aromatic rings. The van der Waals surface area contributed by atoms with Gasteiger partial charge in [0.25, 0.3) is 0 Å². The van der Waals surface area contributed by atoms with E-state index in [1.807, 2.05) is 0 Å². The van der Waals surface area contributed by atoms with E-state index in [9.17, 15) is 23.1 Å². The first-order valence-electron chi connectivity index (χ1n) is 5.63. The summed E-state index contributed by atoms with van der Waals surface area (Å²) in [4.78, 5) is 10.7. The zero-order valence-electron chi connectivity index (χ0n) is 10.3. The second-order valence-electron chi connectivity index (χ2n) is 4.06. The second-order valence-corrected chi connectivity index (χ2v) is 4.47. The zero-order chi connectivity index (χ0) is 15.6. The van der Waals surface area contributed by atoms with Crippen molar-refractivity contribution in [1.29, 1.82) is 0 Å². The summed E-state index contributed by atoms with van der Waals surface area (Å²) in [5, 5.41) is 10.5. The molecule has 0 aromatic heterocycles. The van der Waals surface area contributed by atoms with Gasteiger partial charge in [0, 0.05) is 5.56 Å². The molecule has 0 aliphatic rings. The Morgan fingerprint density at radius 3 is 2.43 bits per heavy atom. The van der Waals surface area contributed by atoms with Crippen molar-refractivity contribution in [3.8, 4) is 11.5 Å². The Balaban J connectivity index is 2.28. The van der Waals surface area contributed by atoms with Gasteiger partial charge in [0.2, 0.25) is 0 Å². The first kappa shape index (κ1) is 15.2. The standard InChI is InChI=1S/C14H8ClF3O3/c15-11-7-9(14(16,17)18)4-5-12(11)21-10-3-1-2-8(6-10)13(19)20/h1-7H,(H,19,20)/p-1. The van der Waals surface area contributed by atoms with Crippen LogP contribution in [0.5, 0.6) is 11.5 Å². The summed E-state index contributed by atoms with van der Waals surface area (Å²) in [6, 6.07) is 7.97. The number of benzene rings is 2. The van der Waals surface area contributed by atoms with E-state index in [1.54, 1.807) is 0 Å². The molecule has 0 spiro atoms. The van der Waals surface area contributed by atoms with E-state index in [2.05, 4.69) is 0 Å². The van der Waals surface area contributed by atoms with Crippen LogP contribution >= 0.6 is 11.6 Å². The lowest BCUT2D eigenvalue weighted by Crippen LogP contribution is -2.21. The average Bonchev–Trinajstić information content (AvgIpc) is 2.40. The van der Waals surface area contributed by atoms with E-state index in [-0.39, 0.29) is 22.1 Å². The Morgan fingerprint density at radius 1 is 1.14 bits per heavy atom. The maximum Gasteiger partial charge on any atom is 0.416 e. The van der Waals surface area contributed by atoms with E-state index in [4.69, 9.17) is 16.3 Å². The minimum Gasteiger partial charge on any atom is -0.545 e. The van der Waals surface area contributed by atoms with Gasteiger partial charge in [-0.05, 0) is 30.3 Å². The normalized spacial score (nSPS) is 11.2. The van der Waals surface area contributed by atoms with E-state index >= 15 is 0 Å². The lowest BCUT2D eigenvalue weighted by molar-refractivity contribution is -0.255. The van der Waals surface area contributed by atoms with Crippen molar-refractivity contribution in [2.24, 2.45) is 0 Å². The highest BCUT2D eigenvalue weighted by atomic mass is 35.5. The largest absolute Gasteiger partial charge is 0.545 e. The lowest BCUT2D eigenvalue weighted by atomic mass is 10.2. The van der Waals surface area contributed by atoms with Gasteiger partial charge in [-0.25, -0.2) is 0 Å². The van der Waals surface area contributed by atoms with Gasteiger partial charge < -0.3 is 14.6 Å². The quantitative estimate of drug-likeness (QED) is 0.871. The molecule has 0 radical (unpaired) electrons. The lowest BCUT2D eigenvalue weighted by Gasteiger charge is -2.12. The highest BCUT2D eigenvalue weighted by molar-refractivity contribution is 6.32. The summed E-state index contributed by atoms with van der Waals surface area (Å²) < 4.78 is 42.8. The van der Waals surface area contributed by atoms with E-state index in [0.29, 0.717) is 0 Å². The van der Waals surface area contributed by atoms with Gasteiger partial charge in [0.05, 0.1) is 16.6 Å². The molecule has 0 fully saturated rings. The van der Waals surface area contributed by atoms with Crippen molar-refractivity contribution in [3.63, 3.8) is 0 Å². The van der Waals surface area contributed by atoms with Crippen LogP contribution in [0.2, 0.25) is 5.02 Å². The molecule has 2 rings (SSSR count). The zero-order valence-corrected chi connectivity index (χ0v) is 11.0. The third kappa shape index (κ3) is 3.66. The fraction of sp³-hybridized carbons (Fsp3) is 0.0714. The van der Waals surface area contributed by atoms with Crippen molar-refractivity contribution < 1.29 is 27.8 Å². The Morgan fingerprint density at radius 2 is 1.86 bits per heavy atom. The molecule has 0 saturated heterocycles. The number of alkyl halides is 3. The van der Waals surface area contributed by atoms with Gasteiger partial charge in [-0.2, -0.15) is 13.2 Å². The number of carbonyl (C=O) groups is 1. The fourth-order valence-electron chi connectivity index (χ4n) is 1.57. The first-order valence-corrected chi connectivity index (χ1v) is 6.01. The van der Waals surface area contributed by atoms with Crippen LogP contribution in [-0.4, -0.2) is 5.97 Å². The van der Waals surface area contributed by atoms with Crippen molar-refractivity contribution in [2.45, 2.75) is 6.18 Å². The molecular formula is C14H7ClF3O3-. The maximum absolute atomic E-state index is 12.5. The third-order valence-electron chi connectivity index (χ3n) is 2.56. The Bertz CT molecular complexity index is 683. The summed E-state index contributed by atoms with van der Waals surface area (Å²) in [5.74, 6) is -1.28. The summed E-state index contributed by atoms with van der Waals surface area (Å²) in [6.07, 6.45) is -4.50. The number of rotatable bonds is 3. The van der Waals surface area contributed by atoms with Crippen LogP contribution in [0.1, 0.15) is 15.9 Å². The number of aromatic carboxylic acids is 1. The molecule has 21 heavy (non-hydrogen) atoms. The van der Waals surface area contributed by atoms with Gasteiger partial charge in [0.1, 0.15) is 11.5 Å². The van der Waals surface area contributed by atoms with Crippen LogP contribution in [0.25, 0.3) is 0 Å². The van der Waals surface area contributed by atoms with Crippen LogP contribution in [0.3, 0.4) is 0 Å². The molecule has 0 N–H and O–H groups in total. The Hall–Kier alpha value is -2.21. The average molecular weight is 316 g/mol. The topological polar surface area (TPSA) is 49.4 Å². The number of halogens is 4. The van der Waals surface area contributed by atoms with Crippen molar-refractivity contribution in [2.75, 3.05) is 0 Å². The third-order valence-corrected chi connectivity index (χ3v) is 2.85. The molecule has 0 aliphatic heterocycles. The highest BCUT2D eigenvalue weighted by Crippen LogP contribution is 2.36. The molecule has 110 valence electrons. The molecule has 0 bridgehead atoms. The number of hydrogen-bond donors (Lipinski definition) is 0. The maximum atomic E-state index is 12.5. The van der Waals surface area contributed by atoms with E-state index in [0.717, 1.165) is 18.2 Å². The number of carboxylic acid groups (broad SMARTS) is 1. The first-order chi connectivity index (χ1) is 9.77. The van der Waals surface area contributed by atoms with Gasteiger partial charge in [-0.1, -0.05) is 23.7 Å². The highest BCUT2D eigenvalue weighted by Gasteiger charge is 2.31. The van der Waals surface area contributed by atoms with Crippen LogP contribution in [0, 0.1) is 0 Å². The van der Waals surface area contributed by atoms with Gasteiger partial charge in [-0.3, -0.25) is 0 Å². The number of carbonyl (C=O) groups excluding carboxylic acids is 1. The molecule has 0 aliphatic carbocycles. The molecule has 2 aromatic carbocycles. The van der Waals surface area contributed by atoms with Crippen LogP contribution in [-0.2, 0) is 6.18 Å². The summed E-state index contributed by atoms with van der Waals surface area (Å²) in [5.41, 5.74) is -1.01. The number of ether oxygens (including phenoxy) is 1. The van der Waals surface area contributed by atoms with Gasteiger partial charge in [0.15, 0.2) is 0 Å². The molecular weight excluding hydrogens is 309 g/mol. The number of hydrogen-bond acceptors (Lipinski definition) is 3. The molecule has 0 heterocycles. The molecule has 3 nitrogen and oxygen atoms in total. The minimum atomic E-state index is -4.50. The van der Waals surface area contributed by atoms with Gasteiger partial charge >= 0.3 is 6.18 Å². The monoisotopic (exact) mass is 315 g/mol. The SMILES string of the molecule is O=C([O-])c1cccc(Oc2ccc(C(F)(F)F)cc2Cl)c1. The molecule has 0 saturated carbocycles. The molecule has 0 amide bonds. The van der Waals surface area contributed by atoms with E-state index < -0.39 is 17.7 Å². The summed E-state index contributed by atoms with van der Waals surface area (Å²) in [7, 11) is 0. The molecule has 0 atom stereocenters. The Kier molecular flexibility index (Phi) is 4.09. The van der Waals surface area contributed by atoms with E-state index in [1.165, 1.54) is 24.3 Å². The van der Waals surface area contributed by atoms with Crippen LogP contribution in [0.15, 0.2) is 42.5 Å². The predicted octanol–water partition coefficient (Wildman–Crippen LogP) is 3.51. The molecule has 7 heteroatoms. The van der Waals surface area contributed by atoms with Crippen molar-refractivity contribution in [3.05, 3.63) is 58.6 Å². The molecule has 0 unspecified atom stereocenters. The van der Waals surface area contributed by atoms with Crippen molar-refractivity contribution in [1.82, 2.24) is 0 Å². The Labute approximate surface area is 122 Å². The smallest absolute Gasteiger partial charge is 0.416 e. The van der Waals surface area contributed by atoms with Crippen LogP contribution in [0.4, 0.5) is 13.2 Å². The predicted molar refractivity (Wildman–Crippen MR) is 67.3 cm³/mol. The minimum absolute atomic E-state index is 0.0137.